The molecular weight excluding hydrogens is 266 g/mol. The Labute approximate surface area is 124 Å². The van der Waals surface area contributed by atoms with Gasteiger partial charge in [-0.3, -0.25) is 4.98 Å². The Morgan fingerprint density at radius 1 is 1.24 bits per heavy atom. The molecule has 2 aromatic heterocycles. The van der Waals surface area contributed by atoms with E-state index in [1.807, 2.05) is 26.0 Å². The molecule has 0 spiro atoms. The summed E-state index contributed by atoms with van der Waals surface area (Å²) < 4.78 is 5.70. The van der Waals surface area contributed by atoms with E-state index >= 15 is 0 Å². The Hall–Kier alpha value is -2.21. The van der Waals surface area contributed by atoms with Gasteiger partial charge in [0.05, 0.1) is 6.61 Å². The summed E-state index contributed by atoms with van der Waals surface area (Å²) >= 11 is 0. The molecule has 112 valence electrons. The average molecular weight is 287 g/mol. The number of nitrogens with two attached hydrogens (primary N) is 1. The third kappa shape index (κ3) is 4.68. The summed E-state index contributed by atoms with van der Waals surface area (Å²) in [6, 6.07) is 5.73. The minimum absolute atomic E-state index is 0.220. The summed E-state index contributed by atoms with van der Waals surface area (Å²) in [6.45, 7) is 4.66. The van der Waals surface area contributed by atoms with E-state index in [4.69, 9.17) is 10.6 Å². The van der Waals surface area contributed by atoms with E-state index in [1.165, 1.54) is 5.56 Å². The molecule has 0 bridgehead atoms. The fourth-order valence-corrected chi connectivity index (χ4v) is 1.85. The van der Waals surface area contributed by atoms with Gasteiger partial charge in [0.25, 0.3) is 0 Å². The van der Waals surface area contributed by atoms with Crippen molar-refractivity contribution in [2.24, 2.45) is 5.84 Å². The summed E-state index contributed by atoms with van der Waals surface area (Å²) in [5.74, 6) is 7.47. The standard InChI is InChI=1S/C15H21N5O/c1-11(2)15-18-13(20-16)10-14(19-15)21-9-3-4-12-5-7-17-8-6-12/h5-8,10-11H,3-4,9,16H2,1-2H3,(H,18,19,20). The van der Waals surface area contributed by atoms with Crippen LogP contribution in [0.2, 0.25) is 0 Å². The minimum Gasteiger partial charge on any atom is -0.478 e. The molecule has 0 aliphatic rings. The molecule has 0 aliphatic heterocycles. The van der Waals surface area contributed by atoms with Gasteiger partial charge < -0.3 is 10.2 Å². The summed E-state index contributed by atoms with van der Waals surface area (Å²) in [6.07, 6.45) is 5.46. The lowest BCUT2D eigenvalue weighted by molar-refractivity contribution is 0.297. The van der Waals surface area contributed by atoms with Gasteiger partial charge in [-0.05, 0) is 30.5 Å². The van der Waals surface area contributed by atoms with Crippen molar-refractivity contribution in [3.8, 4) is 5.88 Å². The van der Waals surface area contributed by atoms with Crippen LogP contribution in [0.5, 0.6) is 5.88 Å². The van der Waals surface area contributed by atoms with Crippen LogP contribution in [0, 0.1) is 0 Å². The molecule has 2 heterocycles. The molecule has 6 heteroatoms. The number of hydrogen-bond acceptors (Lipinski definition) is 6. The number of nitrogens with one attached hydrogen (secondary N) is 1. The van der Waals surface area contributed by atoms with Crippen LogP contribution >= 0.6 is 0 Å². The highest BCUT2D eigenvalue weighted by Crippen LogP contribution is 2.18. The SMILES string of the molecule is CC(C)c1nc(NN)cc(OCCCc2ccncc2)n1. The zero-order valence-electron chi connectivity index (χ0n) is 12.4. The van der Waals surface area contributed by atoms with Crippen LogP contribution in [0.25, 0.3) is 0 Å². The van der Waals surface area contributed by atoms with Crippen LogP contribution in [0.15, 0.2) is 30.6 Å². The highest BCUT2D eigenvalue weighted by molar-refractivity contribution is 5.37. The Kier molecular flexibility index (Phi) is 5.45. The van der Waals surface area contributed by atoms with Crippen molar-refractivity contribution in [3.63, 3.8) is 0 Å². The van der Waals surface area contributed by atoms with Gasteiger partial charge in [-0.25, -0.2) is 10.8 Å². The van der Waals surface area contributed by atoms with E-state index in [1.54, 1.807) is 18.5 Å². The van der Waals surface area contributed by atoms with Gasteiger partial charge in [0.15, 0.2) is 0 Å². The molecule has 0 amide bonds. The molecule has 2 aromatic rings. The van der Waals surface area contributed by atoms with Crippen LogP contribution in [0.4, 0.5) is 5.82 Å². The number of anilines is 1. The molecule has 0 radical (unpaired) electrons. The number of nitrogens with zero attached hydrogens (tertiary/aromatic N) is 3. The van der Waals surface area contributed by atoms with Crippen molar-refractivity contribution < 1.29 is 4.74 Å². The highest BCUT2D eigenvalue weighted by Gasteiger charge is 2.08. The van der Waals surface area contributed by atoms with E-state index < -0.39 is 0 Å². The Bertz CT molecular complexity index is 559. The zero-order chi connectivity index (χ0) is 15.1. The number of ether oxygens (including phenoxy) is 1. The monoisotopic (exact) mass is 287 g/mol. The Morgan fingerprint density at radius 2 is 2.00 bits per heavy atom. The third-order valence-electron chi connectivity index (χ3n) is 2.99. The number of hydrogen-bond donors (Lipinski definition) is 2. The largest absolute Gasteiger partial charge is 0.478 e. The lowest BCUT2D eigenvalue weighted by Gasteiger charge is -2.10. The lowest BCUT2D eigenvalue weighted by Crippen LogP contribution is -2.12. The molecule has 6 nitrogen and oxygen atoms in total. The second-order valence-electron chi connectivity index (χ2n) is 5.06. The van der Waals surface area contributed by atoms with Crippen LogP contribution in [-0.2, 0) is 6.42 Å². The smallest absolute Gasteiger partial charge is 0.218 e. The number of nitrogen functional groups attached to an aromatic ring is 1. The summed E-state index contributed by atoms with van der Waals surface area (Å²) in [5.41, 5.74) is 3.79. The molecule has 0 saturated carbocycles. The van der Waals surface area contributed by atoms with E-state index in [2.05, 4.69) is 20.4 Å². The first kappa shape index (κ1) is 15.2. The predicted molar refractivity (Wildman–Crippen MR) is 82.0 cm³/mol. The van der Waals surface area contributed by atoms with Gasteiger partial charge in [-0.2, -0.15) is 4.98 Å². The van der Waals surface area contributed by atoms with E-state index in [0.29, 0.717) is 18.3 Å². The summed E-state index contributed by atoms with van der Waals surface area (Å²) in [5, 5.41) is 0. The molecule has 0 saturated heterocycles. The number of pyridine rings is 1. The molecule has 0 aliphatic carbocycles. The lowest BCUT2D eigenvalue weighted by atomic mass is 10.1. The fourth-order valence-electron chi connectivity index (χ4n) is 1.85. The van der Waals surface area contributed by atoms with Crippen molar-refractivity contribution in [1.29, 1.82) is 0 Å². The first-order chi connectivity index (χ1) is 10.2. The molecule has 0 unspecified atom stereocenters. The number of hydrazine groups is 1. The molecule has 0 aromatic carbocycles. The van der Waals surface area contributed by atoms with E-state index in [0.717, 1.165) is 18.7 Å². The topological polar surface area (TPSA) is 86.0 Å². The quantitative estimate of drug-likeness (QED) is 0.461. The molecule has 3 N–H and O–H groups in total. The van der Waals surface area contributed by atoms with Gasteiger partial charge in [0.2, 0.25) is 5.88 Å². The first-order valence-electron chi connectivity index (χ1n) is 7.06. The van der Waals surface area contributed by atoms with Crippen molar-refractivity contribution >= 4 is 5.82 Å². The Morgan fingerprint density at radius 3 is 2.67 bits per heavy atom. The average Bonchev–Trinajstić information content (AvgIpc) is 2.52. The van der Waals surface area contributed by atoms with Crippen molar-refractivity contribution in [2.75, 3.05) is 12.0 Å². The molecule has 2 rings (SSSR count). The molecule has 0 fully saturated rings. The fraction of sp³-hybridized carbons (Fsp3) is 0.400. The van der Waals surface area contributed by atoms with Gasteiger partial charge in [-0.15, -0.1) is 0 Å². The van der Waals surface area contributed by atoms with Gasteiger partial charge in [0, 0.05) is 24.4 Å². The first-order valence-corrected chi connectivity index (χ1v) is 7.06. The predicted octanol–water partition coefficient (Wildman–Crippen LogP) is 2.29. The van der Waals surface area contributed by atoms with Gasteiger partial charge in [-0.1, -0.05) is 13.8 Å². The number of aromatic nitrogens is 3. The van der Waals surface area contributed by atoms with Crippen LogP contribution in [0.3, 0.4) is 0 Å². The molecule has 21 heavy (non-hydrogen) atoms. The maximum absolute atomic E-state index is 5.70. The molecule has 0 atom stereocenters. The van der Waals surface area contributed by atoms with Crippen LogP contribution in [0.1, 0.15) is 37.6 Å². The summed E-state index contributed by atoms with van der Waals surface area (Å²) in [4.78, 5) is 12.7. The maximum Gasteiger partial charge on any atom is 0.218 e. The third-order valence-corrected chi connectivity index (χ3v) is 2.99. The van der Waals surface area contributed by atoms with Gasteiger partial charge >= 0.3 is 0 Å². The second-order valence-corrected chi connectivity index (χ2v) is 5.06. The van der Waals surface area contributed by atoms with Crippen molar-refractivity contribution in [2.45, 2.75) is 32.6 Å². The maximum atomic E-state index is 5.70. The van der Waals surface area contributed by atoms with Crippen molar-refractivity contribution in [1.82, 2.24) is 15.0 Å². The van der Waals surface area contributed by atoms with E-state index in [9.17, 15) is 0 Å². The minimum atomic E-state index is 0.220. The number of rotatable bonds is 7. The number of aryl methyl sites for hydroxylation is 1. The highest BCUT2D eigenvalue weighted by atomic mass is 16.5. The van der Waals surface area contributed by atoms with Crippen LogP contribution < -0.4 is 16.0 Å². The Balaban J connectivity index is 1.89. The summed E-state index contributed by atoms with van der Waals surface area (Å²) in [7, 11) is 0. The second kappa shape index (κ2) is 7.54. The van der Waals surface area contributed by atoms with Crippen molar-refractivity contribution in [3.05, 3.63) is 42.0 Å². The zero-order valence-corrected chi connectivity index (χ0v) is 12.4. The van der Waals surface area contributed by atoms with Gasteiger partial charge in [0.1, 0.15) is 11.6 Å². The van der Waals surface area contributed by atoms with Crippen LogP contribution in [-0.4, -0.2) is 21.6 Å². The normalized spacial score (nSPS) is 10.7. The molecular formula is C15H21N5O. The van der Waals surface area contributed by atoms with E-state index in [-0.39, 0.29) is 5.92 Å².